The van der Waals surface area contributed by atoms with Gasteiger partial charge < -0.3 is 9.30 Å². The fourth-order valence-corrected chi connectivity index (χ4v) is 4.07. The van der Waals surface area contributed by atoms with Gasteiger partial charge in [0, 0.05) is 42.6 Å². The number of fused-ring (bicyclic) bond motifs is 3. The molecule has 0 saturated carbocycles. The molecule has 4 rings (SSSR count). The van der Waals surface area contributed by atoms with Gasteiger partial charge in [-0.25, -0.2) is 18.8 Å². The fourth-order valence-electron chi connectivity index (χ4n) is 4.07. The van der Waals surface area contributed by atoms with E-state index in [1.807, 2.05) is 38.3 Å². The minimum absolute atomic E-state index is 0.0634. The van der Waals surface area contributed by atoms with Crippen LogP contribution in [0.15, 0.2) is 29.3 Å². The normalized spacial score (nSPS) is 26.7. The van der Waals surface area contributed by atoms with Gasteiger partial charge in [-0.05, 0) is 36.6 Å². The number of aromatic nitrogens is 2. The molecule has 0 saturated heterocycles. The van der Waals surface area contributed by atoms with E-state index in [1.54, 1.807) is 0 Å². The smallest absolute Gasteiger partial charge is 0.154 e. The molecule has 2 heterocycles. The van der Waals surface area contributed by atoms with Crippen LogP contribution < -0.4 is 0 Å². The van der Waals surface area contributed by atoms with Crippen molar-refractivity contribution in [3.63, 3.8) is 0 Å². The molecule has 4 nitrogen and oxygen atoms in total. The molecule has 0 spiro atoms. The predicted molar refractivity (Wildman–Crippen MR) is 103 cm³/mol. The van der Waals surface area contributed by atoms with Crippen molar-refractivity contribution in [2.75, 3.05) is 13.3 Å². The van der Waals surface area contributed by atoms with Gasteiger partial charge in [-0.15, -0.1) is 0 Å². The first kappa shape index (κ1) is 18.3. The summed E-state index contributed by atoms with van der Waals surface area (Å²) in [5.74, 6) is 0.540. The van der Waals surface area contributed by atoms with E-state index in [0.717, 1.165) is 36.0 Å². The highest BCUT2D eigenvalue weighted by molar-refractivity contribution is 5.98. The number of ether oxygens (including phenoxy) is 1. The van der Waals surface area contributed by atoms with Crippen LogP contribution in [0.1, 0.15) is 31.0 Å². The van der Waals surface area contributed by atoms with Crippen LogP contribution in [0.4, 0.5) is 14.6 Å². The molecule has 0 radical (unpaired) electrons. The van der Waals surface area contributed by atoms with Gasteiger partial charge in [-0.3, -0.25) is 0 Å². The first-order valence-corrected chi connectivity index (χ1v) is 9.61. The summed E-state index contributed by atoms with van der Waals surface area (Å²) in [6.45, 7) is 1.59. The molecule has 2 aliphatic rings. The highest BCUT2D eigenvalue weighted by atomic mass is 19.1. The number of hydrogen-bond donors (Lipinski definition) is 0. The highest BCUT2D eigenvalue weighted by Crippen LogP contribution is 2.33. The number of hydrogen-bond acceptors (Lipinski definition) is 3. The van der Waals surface area contributed by atoms with E-state index in [4.69, 9.17) is 9.72 Å². The maximum absolute atomic E-state index is 13.9. The van der Waals surface area contributed by atoms with E-state index in [1.165, 1.54) is 11.3 Å². The Bertz CT molecular complexity index is 902. The van der Waals surface area contributed by atoms with Crippen LogP contribution in [0, 0.1) is 5.92 Å². The lowest BCUT2D eigenvalue weighted by molar-refractivity contribution is 0.0358. The van der Waals surface area contributed by atoms with Crippen molar-refractivity contribution in [2.24, 2.45) is 18.0 Å². The standard InChI is InChI=1S/C21H25F2N3O/c1-13-3-4-14(11-18(13)23)24-20-8-6-16-17-12-15(27-10-9-22)5-7-19(17)26(2)21(16)25-20/h3-4,6,8,13,15,18H,5,7,9-12H2,1-2H3. The van der Waals surface area contributed by atoms with Gasteiger partial charge in [-0.1, -0.05) is 13.0 Å². The Hall–Kier alpha value is -2.08. The molecule has 0 fully saturated rings. The number of pyridine rings is 1. The predicted octanol–water partition coefficient (Wildman–Crippen LogP) is 4.42. The SMILES string of the molecule is CC1C=CC(=Nc2ccc3c4c(n(C)c3n2)CCC(OCCF)C4)CC1F. The van der Waals surface area contributed by atoms with Gasteiger partial charge in [0.1, 0.15) is 18.5 Å². The minimum atomic E-state index is -0.888. The minimum Gasteiger partial charge on any atom is -0.375 e. The van der Waals surface area contributed by atoms with Gasteiger partial charge in [0.05, 0.1) is 12.7 Å². The van der Waals surface area contributed by atoms with Gasteiger partial charge >= 0.3 is 0 Å². The van der Waals surface area contributed by atoms with Crippen LogP contribution in [0.2, 0.25) is 0 Å². The summed E-state index contributed by atoms with van der Waals surface area (Å²) >= 11 is 0. The molecule has 0 aliphatic heterocycles. The topological polar surface area (TPSA) is 39.4 Å². The van der Waals surface area contributed by atoms with E-state index in [0.29, 0.717) is 12.2 Å². The lowest BCUT2D eigenvalue weighted by atomic mass is 9.93. The molecule has 27 heavy (non-hydrogen) atoms. The Kier molecular flexibility index (Phi) is 5.08. The monoisotopic (exact) mass is 373 g/mol. The molecule has 2 aromatic heterocycles. The zero-order valence-corrected chi connectivity index (χ0v) is 15.8. The number of rotatable bonds is 4. The Labute approximate surface area is 157 Å². The van der Waals surface area contributed by atoms with Gasteiger partial charge in [0.2, 0.25) is 0 Å². The van der Waals surface area contributed by atoms with E-state index >= 15 is 0 Å². The molecule has 3 unspecified atom stereocenters. The Morgan fingerprint density at radius 2 is 2.19 bits per heavy atom. The van der Waals surface area contributed by atoms with E-state index in [9.17, 15) is 8.78 Å². The summed E-state index contributed by atoms with van der Waals surface area (Å²) in [7, 11) is 2.02. The van der Waals surface area contributed by atoms with Crippen LogP contribution in [0.3, 0.4) is 0 Å². The van der Waals surface area contributed by atoms with Crippen LogP contribution in [-0.4, -0.2) is 40.8 Å². The molecule has 0 aromatic carbocycles. The summed E-state index contributed by atoms with van der Waals surface area (Å²) in [6.07, 6.45) is 5.84. The number of aryl methyl sites for hydroxylation is 1. The summed E-state index contributed by atoms with van der Waals surface area (Å²) in [6, 6.07) is 3.93. The van der Waals surface area contributed by atoms with Gasteiger partial charge in [0.25, 0.3) is 0 Å². The summed E-state index contributed by atoms with van der Waals surface area (Å²) in [5, 5.41) is 1.10. The molecular weight excluding hydrogens is 348 g/mol. The van der Waals surface area contributed by atoms with Crippen molar-refractivity contribution in [1.82, 2.24) is 9.55 Å². The maximum Gasteiger partial charge on any atom is 0.154 e. The van der Waals surface area contributed by atoms with E-state index in [-0.39, 0.29) is 18.6 Å². The second-order valence-electron chi connectivity index (χ2n) is 7.49. The zero-order valence-electron chi connectivity index (χ0n) is 15.8. The second-order valence-corrected chi connectivity index (χ2v) is 7.49. The molecule has 2 aromatic rings. The first-order chi connectivity index (χ1) is 13.1. The van der Waals surface area contributed by atoms with Crippen molar-refractivity contribution in [3.8, 4) is 0 Å². The zero-order chi connectivity index (χ0) is 19.0. The molecule has 144 valence electrons. The quantitative estimate of drug-likeness (QED) is 0.796. The summed E-state index contributed by atoms with van der Waals surface area (Å²) < 4.78 is 34.1. The van der Waals surface area contributed by atoms with Crippen molar-refractivity contribution in [2.45, 2.75) is 44.9 Å². The third-order valence-electron chi connectivity index (χ3n) is 5.65. The molecule has 2 aliphatic carbocycles. The number of allylic oxidation sites excluding steroid dienone is 2. The molecule has 0 N–H and O–H groups in total. The fraction of sp³-hybridized carbons (Fsp3) is 0.524. The average Bonchev–Trinajstić information content (AvgIpc) is 2.95. The summed E-state index contributed by atoms with van der Waals surface area (Å²) in [4.78, 5) is 9.28. The van der Waals surface area contributed by atoms with Gasteiger partial charge in [0.15, 0.2) is 5.82 Å². The highest BCUT2D eigenvalue weighted by Gasteiger charge is 2.26. The molecule has 0 amide bonds. The number of alkyl halides is 2. The van der Waals surface area contributed by atoms with E-state index in [2.05, 4.69) is 9.56 Å². The third-order valence-corrected chi connectivity index (χ3v) is 5.65. The second kappa shape index (κ2) is 7.50. The lowest BCUT2D eigenvalue weighted by Gasteiger charge is -2.23. The number of nitrogens with zero attached hydrogens (tertiary/aromatic N) is 3. The third kappa shape index (κ3) is 3.55. The lowest BCUT2D eigenvalue weighted by Crippen LogP contribution is -2.23. The van der Waals surface area contributed by atoms with E-state index < -0.39 is 12.8 Å². The van der Waals surface area contributed by atoms with Crippen LogP contribution in [-0.2, 0) is 24.6 Å². The van der Waals surface area contributed by atoms with Crippen molar-refractivity contribution >= 4 is 22.6 Å². The average molecular weight is 373 g/mol. The van der Waals surface area contributed by atoms with Crippen LogP contribution in [0.5, 0.6) is 0 Å². The van der Waals surface area contributed by atoms with Crippen molar-refractivity contribution < 1.29 is 13.5 Å². The first-order valence-electron chi connectivity index (χ1n) is 9.61. The Balaban J connectivity index is 1.65. The Morgan fingerprint density at radius 1 is 1.33 bits per heavy atom. The number of aliphatic imine (C=N–C) groups is 1. The summed E-state index contributed by atoms with van der Waals surface area (Å²) in [5.41, 5.74) is 4.12. The molecule has 6 heteroatoms. The maximum atomic E-state index is 13.9. The Morgan fingerprint density at radius 3 is 2.96 bits per heavy atom. The largest absolute Gasteiger partial charge is 0.375 e. The molecule has 3 atom stereocenters. The van der Waals surface area contributed by atoms with Crippen LogP contribution in [0.25, 0.3) is 11.0 Å². The van der Waals surface area contributed by atoms with Crippen molar-refractivity contribution in [1.29, 1.82) is 0 Å². The molecule has 0 bridgehead atoms. The number of halogens is 2. The molecular formula is C21H25F2N3O. The van der Waals surface area contributed by atoms with Crippen molar-refractivity contribution in [3.05, 3.63) is 35.5 Å². The van der Waals surface area contributed by atoms with Crippen LogP contribution >= 0.6 is 0 Å². The van der Waals surface area contributed by atoms with Gasteiger partial charge in [-0.2, -0.15) is 0 Å².